The molecular formula is C24H32N4O4. The lowest BCUT2D eigenvalue weighted by atomic mass is 9.99. The summed E-state index contributed by atoms with van der Waals surface area (Å²) in [6, 6.07) is 5.43. The van der Waals surface area contributed by atoms with Crippen molar-refractivity contribution in [3.05, 3.63) is 57.8 Å². The topological polar surface area (TPSA) is 76.9 Å². The van der Waals surface area contributed by atoms with Gasteiger partial charge in [-0.3, -0.25) is 14.7 Å². The lowest BCUT2D eigenvalue weighted by Crippen LogP contribution is -2.35. The summed E-state index contributed by atoms with van der Waals surface area (Å²) in [5.41, 5.74) is 2.08. The number of aromatic nitrogens is 2. The van der Waals surface area contributed by atoms with E-state index >= 15 is 0 Å². The number of hydrogen-bond donors (Lipinski definition) is 0. The summed E-state index contributed by atoms with van der Waals surface area (Å²) in [6.45, 7) is 5.27. The molecule has 8 nitrogen and oxygen atoms in total. The number of nitrogens with zero attached hydrogens (tertiary/aromatic N) is 4. The number of hydrogen-bond acceptors (Lipinski definition) is 7. The van der Waals surface area contributed by atoms with Crippen LogP contribution in [0.15, 0.2) is 35.4 Å². The van der Waals surface area contributed by atoms with Gasteiger partial charge in [0.25, 0.3) is 5.56 Å². The Morgan fingerprint density at radius 2 is 2.12 bits per heavy atom. The van der Waals surface area contributed by atoms with Crippen molar-refractivity contribution in [2.75, 3.05) is 46.9 Å². The van der Waals surface area contributed by atoms with Crippen LogP contribution >= 0.6 is 0 Å². The predicted molar refractivity (Wildman–Crippen MR) is 121 cm³/mol. The molecule has 1 saturated heterocycles. The quantitative estimate of drug-likeness (QED) is 0.634. The molecule has 1 fully saturated rings. The fourth-order valence-electron chi connectivity index (χ4n) is 4.75. The average molecular weight is 441 g/mol. The van der Waals surface area contributed by atoms with Crippen LogP contribution in [-0.2, 0) is 24.2 Å². The molecule has 0 saturated carbocycles. The SMILES string of the molecule is COC(=O)c1c(OCC2CCCN(C)C2)cc(=O)n2c1CCN(Cc1cccnc1)CC2. The molecule has 2 aliphatic heterocycles. The molecule has 2 aromatic rings. The van der Waals surface area contributed by atoms with Crippen molar-refractivity contribution in [1.82, 2.24) is 19.4 Å². The fourth-order valence-corrected chi connectivity index (χ4v) is 4.75. The molecule has 2 aromatic heterocycles. The van der Waals surface area contributed by atoms with E-state index in [0.29, 0.717) is 42.5 Å². The highest BCUT2D eigenvalue weighted by Gasteiger charge is 2.27. The summed E-state index contributed by atoms with van der Waals surface area (Å²) in [7, 11) is 3.48. The molecule has 8 heteroatoms. The zero-order chi connectivity index (χ0) is 22.5. The second-order valence-electron chi connectivity index (χ2n) is 8.78. The van der Waals surface area contributed by atoms with Crippen molar-refractivity contribution in [1.29, 1.82) is 0 Å². The van der Waals surface area contributed by atoms with Crippen LogP contribution in [0, 0.1) is 5.92 Å². The molecule has 1 atom stereocenters. The molecule has 0 aliphatic carbocycles. The predicted octanol–water partition coefficient (Wildman–Crippen LogP) is 1.81. The van der Waals surface area contributed by atoms with Gasteiger partial charge in [0.1, 0.15) is 11.3 Å². The summed E-state index contributed by atoms with van der Waals surface area (Å²) in [5.74, 6) is 0.281. The van der Waals surface area contributed by atoms with E-state index in [9.17, 15) is 9.59 Å². The number of piperidine rings is 1. The Hall–Kier alpha value is -2.71. The Balaban J connectivity index is 1.56. The molecular weight excluding hydrogens is 408 g/mol. The molecule has 32 heavy (non-hydrogen) atoms. The summed E-state index contributed by atoms with van der Waals surface area (Å²) in [4.78, 5) is 34.5. The van der Waals surface area contributed by atoms with E-state index in [2.05, 4.69) is 21.8 Å². The lowest BCUT2D eigenvalue weighted by molar-refractivity contribution is 0.0590. The summed E-state index contributed by atoms with van der Waals surface area (Å²) < 4.78 is 12.9. The number of carbonyl (C=O) groups excluding carboxylic acids is 1. The maximum Gasteiger partial charge on any atom is 0.343 e. The maximum absolute atomic E-state index is 13.0. The molecule has 4 heterocycles. The van der Waals surface area contributed by atoms with E-state index < -0.39 is 5.97 Å². The number of methoxy groups -OCH3 is 1. The van der Waals surface area contributed by atoms with E-state index in [1.165, 1.54) is 13.2 Å². The molecule has 2 aliphatic rings. The van der Waals surface area contributed by atoms with Crippen LogP contribution in [0.1, 0.15) is 34.5 Å². The van der Waals surface area contributed by atoms with Gasteiger partial charge in [-0.05, 0) is 38.1 Å². The summed E-state index contributed by atoms with van der Waals surface area (Å²) in [5, 5.41) is 0. The van der Waals surface area contributed by atoms with Crippen molar-refractivity contribution in [3.63, 3.8) is 0 Å². The van der Waals surface area contributed by atoms with Gasteiger partial charge in [-0.25, -0.2) is 4.79 Å². The molecule has 4 rings (SSSR count). The molecule has 1 unspecified atom stereocenters. The van der Waals surface area contributed by atoms with Gasteiger partial charge in [-0.15, -0.1) is 0 Å². The Bertz CT molecular complexity index is 991. The first kappa shape index (κ1) is 22.5. The number of carbonyl (C=O) groups is 1. The number of rotatable bonds is 6. The molecule has 0 N–H and O–H groups in total. The lowest BCUT2D eigenvalue weighted by Gasteiger charge is -2.29. The fraction of sp³-hybridized carbons (Fsp3) is 0.542. The molecule has 0 radical (unpaired) electrons. The van der Waals surface area contributed by atoms with Crippen molar-refractivity contribution in [2.45, 2.75) is 32.4 Å². The Morgan fingerprint density at radius 1 is 1.25 bits per heavy atom. The Labute approximate surface area is 188 Å². The van der Waals surface area contributed by atoms with E-state index in [-0.39, 0.29) is 5.56 Å². The first-order valence-electron chi connectivity index (χ1n) is 11.3. The van der Waals surface area contributed by atoms with Crippen LogP contribution < -0.4 is 10.3 Å². The van der Waals surface area contributed by atoms with Crippen LogP contribution in [0.4, 0.5) is 0 Å². The molecule has 0 bridgehead atoms. The van der Waals surface area contributed by atoms with Gasteiger partial charge in [-0.1, -0.05) is 6.07 Å². The minimum Gasteiger partial charge on any atom is -0.492 e. The van der Waals surface area contributed by atoms with Crippen molar-refractivity contribution >= 4 is 5.97 Å². The van der Waals surface area contributed by atoms with E-state index in [4.69, 9.17) is 9.47 Å². The third-order valence-electron chi connectivity index (χ3n) is 6.40. The molecule has 0 amide bonds. The summed E-state index contributed by atoms with van der Waals surface area (Å²) in [6.07, 6.45) is 6.41. The van der Waals surface area contributed by atoms with Gasteiger partial charge >= 0.3 is 5.97 Å². The Morgan fingerprint density at radius 3 is 2.88 bits per heavy atom. The third kappa shape index (κ3) is 5.19. The first-order chi connectivity index (χ1) is 15.5. The van der Waals surface area contributed by atoms with E-state index in [1.807, 2.05) is 18.3 Å². The zero-order valence-electron chi connectivity index (χ0n) is 19.0. The average Bonchev–Trinajstić information content (AvgIpc) is 3.01. The first-order valence-corrected chi connectivity index (χ1v) is 11.3. The molecule has 0 aromatic carbocycles. The number of likely N-dealkylation sites (tertiary alicyclic amines) is 1. The van der Waals surface area contributed by atoms with E-state index in [1.54, 1.807) is 10.8 Å². The van der Waals surface area contributed by atoms with Gasteiger partial charge in [0.2, 0.25) is 0 Å². The second-order valence-corrected chi connectivity index (χ2v) is 8.78. The monoisotopic (exact) mass is 440 g/mol. The van der Waals surface area contributed by atoms with Crippen LogP contribution in [0.5, 0.6) is 5.75 Å². The van der Waals surface area contributed by atoms with Crippen LogP contribution in [-0.4, -0.2) is 72.3 Å². The minimum atomic E-state index is -0.453. The van der Waals surface area contributed by atoms with Crippen molar-refractivity contribution < 1.29 is 14.3 Å². The maximum atomic E-state index is 13.0. The Kier molecular flexibility index (Phi) is 7.22. The highest BCUT2D eigenvalue weighted by atomic mass is 16.5. The van der Waals surface area contributed by atoms with Crippen molar-refractivity contribution in [2.24, 2.45) is 5.92 Å². The second kappa shape index (κ2) is 10.3. The standard InChI is InChI=1S/C24H32N4O4/c1-26-9-4-6-19(15-26)17-32-21-13-22(29)28-12-11-27(16-18-5-3-8-25-14-18)10-7-20(28)23(21)24(30)31-2/h3,5,8,13-14,19H,4,6-7,9-12,15-17H2,1-2H3. The highest BCUT2D eigenvalue weighted by Crippen LogP contribution is 2.26. The normalized spacial score (nSPS) is 19.8. The summed E-state index contributed by atoms with van der Waals surface area (Å²) >= 11 is 0. The van der Waals surface area contributed by atoms with Gasteiger partial charge < -0.3 is 18.9 Å². The number of esters is 1. The highest BCUT2D eigenvalue weighted by molar-refractivity contribution is 5.93. The third-order valence-corrected chi connectivity index (χ3v) is 6.40. The smallest absolute Gasteiger partial charge is 0.343 e. The van der Waals surface area contributed by atoms with E-state index in [0.717, 1.165) is 51.1 Å². The van der Waals surface area contributed by atoms with Gasteiger partial charge in [0, 0.05) is 69.2 Å². The zero-order valence-corrected chi connectivity index (χ0v) is 19.0. The van der Waals surface area contributed by atoms with Crippen molar-refractivity contribution in [3.8, 4) is 5.75 Å². The van der Waals surface area contributed by atoms with Gasteiger partial charge in [0.15, 0.2) is 0 Å². The van der Waals surface area contributed by atoms with Gasteiger partial charge in [-0.2, -0.15) is 0 Å². The largest absolute Gasteiger partial charge is 0.492 e. The molecule has 172 valence electrons. The van der Waals surface area contributed by atoms with Gasteiger partial charge in [0.05, 0.1) is 13.7 Å². The molecule has 0 spiro atoms. The number of pyridine rings is 2. The van der Waals surface area contributed by atoms with Crippen LogP contribution in [0.25, 0.3) is 0 Å². The minimum absolute atomic E-state index is 0.133. The van der Waals surface area contributed by atoms with Crippen LogP contribution in [0.2, 0.25) is 0 Å². The number of ether oxygens (including phenoxy) is 2. The number of fused-ring (bicyclic) bond motifs is 1. The van der Waals surface area contributed by atoms with Crippen LogP contribution in [0.3, 0.4) is 0 Å².